The lowest BCUT2D eigenvalue weighted by Gasteiger charge is -2.34. The van der Waals surface area contributed by atoms with Crippen molar-refractivity contribution in [2.24, 2.45) is 5.10 Å². The maximum absolute atomic E-state index is 12.8. The normalized spacial score (nSPS) is 21.4. The largest absolute Gasteiger partial charge is 0.369 e. The quantitative estimate of drug-likeness (QED) is 0.511. The maximum atomic E-state index is 12.8. The molecule has 1 aromatic carbocycles. The van der Waals surface area contributed by atoms with Crippen molar-refractivity contribution in [1.82, 2.24) is 25.2 Å². The number of aromatic nitrogens is 2. The molecule has 2 fully saturated rings. The molecule has 3 aliphatic heterocycles. The van der Waals surface area contributed by atoms with E-state index in [0.717, 1.165) is 75.4 Å². The number of hydrogen-bond donors (Lipinski definition) is 3. The van der Waals surface area contributed by atoms with Gasteiger partial charge < -0.3 is 25.4 Å². The predicted molar refractivity (Wildman–Crippen MR) is 146 cm³/mol. The van der Waals surface area contributed by atoms with E-state index in [9.17, 15) is 4.79 Å². The van der Waals surface area contributed by atoms with Crippen molar-refractivity contribution in [1.29, 1.82) is 0 Å². The molecule has 1 atom stereocenters. The summed E-state index contributed by atoms with van der Waals surface area (Å²) < 4.78 is 0. The van der Waals surface area contributed by atoms with Crippen LogP contribution in [0.15, 0.2) is 52.5 Å². The lowest BCUT2D eigenvalue weighted by molar-refractivity contribution is 0.181. The van der Waals surface area contributed by atoms with E-state index in [4.69, 9.17) is 10.1 Å². The zero-order valence-electron chi connectivity index (χ0n) is 20.8. The van der Waals surface area contributed by atoms with E-state index in [2.05, 4.69) is 61.7 Å². The summed E-state index contributed by atoms with van der Waals surface area (Å²) in [5.74, 6) is 0.689. The minimum Gasteiger partial charge on any atom is -0.369 e. The van der Waals surface area contributed by atoms with Crippen LogP contribution in [-0.4, -0.2) is 85.0 Å². The number of fused-ring (bicyclic) bond motifs is 1. The van der Waals surface area contributed by atoms with Crippen LogP contribution in [0, 0.1) is 0 Å². The molecule has 0 radical (unpaired) electrons. The molecule has 5 heterocycles. The molecular formula is C27H34N8O. The average Bonchev–Trinajstić information content (AvgIpc) is 3.41. The molecule has 0 amide bonds. The number of anilines is 3. The van der Waals surface area contributed by atoms with Gasteiger partial charge in [-0.25, -0.2) is 4.98 Å². The van der Waals surface area contributed by atoms with Crippen LogP contribution in [0.4, 0.5) is 17.2 Å². The second-order valence-electron chi connectivity index (χ2n) is 10.1. The zero-order chi connectivity index (χ0) is 24.5. The first-order valence-corrected chi connectivity index (χ1v) is 13.0. The van der Waals surface area contributed by atoms with Gasteiger partial charge in [-0.3, -0.25) is 9.80 Å². The van der Waals surface area contributed by atoms with Crippen LogP contribution in [0.25, 0.3) is 10.8 Å². The molecule has 0 saturated carbocycles. The zero-order valence-corrected chi connectivity index (χ0v) is 20.8. The van der Waals surface area contributed by atoms with Crippen LogP contribution >= 0.6 is 0 Å². The fourth-order valence-corrected chi connectivity index (χ4v) is 5.45. The van der Waals surface area contributed by atoms with Gasteiger partial charge in [-0.1, -0.05) is 0 Å². The van der Waals surface area contributed by atoms with Gasteiger partial charge in [0.15, 0.2) is 0 Å². The first kappa shape index (κ1) is 23.0. The smallest absolute Gasteiger partial charge is 0.259 e. The molecule has 0 bridgehead atoms. The number of nitrogens with one attached hydrogen (secondary N) is 3. The highest BCUT2D eigenvalue weighted by Crippen LogP contribution is 2.30. The number of rotatable bonds is 5. The number of piperazine rings is 1. The molecule has 9 heteroatoms. The Morgan fingerprint density at radius 3 is 2.58 bits per heavy atom. The third-order valence-corrected chi connectivity index (χ3v) is 7.66. The van der Waals surface area contributed by atoms with E-state index < -0.39 is 0 Å². The van der Waals surface area contributed by atoms with Crippen molar-refractivity contribution < 1.29 is 0 Å². The van der Waals surface area contributed by atoms with Gasteiger partial charge in [-0.05, 0) is 74.8 Å². The Hall–Kier alpha value is -3.43. The standard InChI is InChI=1S/C27H34N8O/c1-33-12-14-34(15-13-33)22-4-2-21(3-5-22)31-26-25-19(6-11-29-27(25)36)16-24(32-26)20-17-30-35(18-20)23-7-9-28-10-8-23/h2-6,11,16-17,20,23,28H,7-10,12-15,18H2,1H3,(H,29,36)(H,31,32). The summed E-state index contributed by atoms with van der Waals surface area (Å²) in [6.07, 6.45) is 5.94. The van der Waals surface area contributed by atoms with Crippen LogP contribution in [0.1, 0.15) is 24.5 Å². The Labute approximate surface area is 211 Å². The molecule has 3 aliphatic rings. The Morgan fingerprint density at radius 1 is 1.03 bits per heavy atom. The highest BCUT2D eigenvalue weighted by Gasteiger charge is 2.28. The summed E-state index contributed by atoms with van der Waals surface area (Å²) in [6.45, 7) is 7.12. The Morgan fingerprint density at radius 2 is 1.81 bits per heavy atom. The molecule has 6 rings (SSSR count). The topological polar surface area (TPSA) is 91.9 Å². The van der Waals surface area contributed by atoms with Gasteiger partial charge in [0.25, 0.3) is 5.56 Å². The van der Waals surface area contributed by atoms with Crippen LogP contribution in [0.3, 0.4) is 0 Å². The van der Waals surface area contributed by atoms with Crippen LogP contribution in [0.5, 0.6) is 0 Å². The number of benzene rings is 1. The number of H-pyrrole nitrogens is 1. The number of aromatic amines is 1. The van der Waals surface area contributed by atoms with Crippen molar-refractivity contribution in [3.63, 3.8) is 0 Å². The minimum absolute atomic E-state index is 0.101. The minimum atomic E-state index is -0.139. The van der Waals surface area contributed by atoms with Crippen molar-refractivity contribution in [3.05, 3.63) is 58.6 Å². The molecule has 2 aromatic heterocycles. The van der Waals surface area contributed by atoms with E-state index in [1.807, 2.05) is 18.3 Å². The fraction of sp³-hybridized carbons (Fsp3) is 0.444. The molecule has 0 spiro atoms. The number of pyridine rings is 2. The van der Waals surface area contributed by atoms with E-state index in [-0.39, 0.29) is 11.5 Å². The van der Waals surface area contributed by atoms with Crippen molar-refractivity contribution in [2.45, 2.75) is 24.8 Å². The summed E-state index contributed by atoms with van der Waals surface area (Å²) >= 11 is 0. The second-order valence-corrected chi connectivity index (χ2v) is 10.1. The molecule has 3 N–H and O–H groups in total. The molecule has 9 nitrogen and oxygen atoms in total. The third-order valence-electron chi connectivity index (χ3n) is 7.66. The van der Waals surface area contributed by atoms with Crippen molar-refractivity contribution >= 4 is 34.2 Å². The van der Waals surface area contributed by atoms with Gasteiger partial charge in [0.05, 0.1) is 17.0 Å². The fourth-order valence-electron chi connectivity index (χ4n) is 5.45. The number of hydrazone groups is 1. The second kappa shape index (κ2) is 9.91. The number of hydrogen-bond acceptors (Lipinski definition) is 8. The Balaban J connectivity index is 1.25. The first-order valence-electron chi connectivity index (χ1n) is 13.0. The van der Waals surface area contributed by atoms with E-state index >= 15 is 0 Å². The summed E-state index contributed by atoms with van der Waals surface area (Å²) in [6, 6.07) is 12.9. The average molecular weight is 487 g/mol. The van der Waals surface area contributed by atoms with Gasteiger partial charge in [-0.15, -0.1) is 0 Å². The maximum Gasteiger partial charge on any atom is 0.259 e. The van der Waals surface area contributed by atoms with Gasteiger partial charge in [-0.2, -0.15) is 5.10 Å². The van der Waals surface area contributed by atoms with E-state index in [1.54, 1.807) is 6.20 Å². The third kappa shape index (κ3) is 4.68. The summed E-state index contributed by atoms with van der Waals surface area (Å²) in [5, 5.41) is 15.3. The molecule has 3 aromatic rings. The predicted octanol–water partition coefficient (Wildman–Crippen LogP) is 2.56. The molecule has 2 saturated heterocycles. The summed E-state index contributed by atoms with van der Waals surface area (Å²) in [5.41, 5.74) is 2.93. The molecule has 0 aliphatic carbocycles. The van der Waals surface area contributed by atoms with Crippen LogP contribution in [-0.2, 0) is 0 Å². The van der Waals surface area contributed by atoms with E-state index in [1.165, 1.54) is 5.69 Å². The van der Waals surface area contributed by atoms with Gasteiger partial charge in [0.1, 0.15) is 5.82 Å². The molecule has 36 heavy (non-hydrogen) atoms. The number of piperidine rings is 1. The van der Waals surface area contributed by atoms with Gasteiger partial charge >= 0.3 is 0 Å². The lowest BCUT2D eigenvalue weighted by atomic mass is 10.0. The summed E-state index contributed by atoms with van der Waals surface area (Å²) in [4.78, 5) is 25.3. The first-order chi connectivity index (χ1) is 17.6. The monoisotopic (exact) mass is 486 g/mol. The SMILES string of the molecule is CN1CCN(c2ccc(Nc3nc(C4C=NN(C5CCNCC5)C4)cc4cc[nH]c(=O)c34)cc2)CC1. The molecular weight excluding hydrogens is 452 g/mol. The van der Waals surface area contributed by atoms with Crippen molar-refractivity contribution in [3.8, 4) is 0 Å². The highest BCUT2D eigenvalue weighted by atomic mass is 16.1. The van der Waals surface area contributed by atoms with Gasteiger partial charge in [0, 0.05) is 62.6 Å². The number of nitrogens with zero attached hydrogens (tertiary/aromatic N) is 5. The molecule has 188 valence electrons. The Kier molecular flexibility index (Phi) is 6.33. The van der Waals surface area contributed by atoms with Crippen LogP contribution < -0.4 is 21.1 Å². The Bertz CT molecular complexity index is 1290. The molecule has 1 unspecified atom stereocenters. The lowest BCUT2D eigenvalue weighted by Crippen LogP contribution is -2.44. The van der Waals surface area contributed by atoms with Gasteiger partial charge in [0.2, 0.25) is 0 Å². The number of likely N-dealkylation sites (N-methyl/N-ethyl adjacent to an activating group) is 1. The highest BCUT2D eigenvalue weighted by molar-refractivity contribution is 5.93. The summed E-state index contributed by atoms with van der Waals surface area (Å²) in [7, 11) is 2.17. The van der Waals surface area contributed by atoms with E-state index in [0.29, 0.717) is 17.2 Å². The van der Waals surface area contributed by atoms with Crippen LogP contribution in [0.2, 0.25) is 0 Å². The van der Waals surface area contributed by atoms with Crippen molar-refractivity contribution in [2.75, 3.05) is 63.1 Å².